The van der Waals surface area contributed by atoms with Gasteiger partial charge in [-0.15, -0.1) is 0 Å². The molecule has 0 aliphatic carbocycles. The standard InChI is InChI=1S/C25H35N5O4S/c1-3-34-21-6-8-22(9-7-21)35(32,33)27-23-19-20(5-10-24(23)29-15-11-26-12-16-29)25(31)30-14-4-13-28(2)17-18-30/h5-10,19,26-27H,3-4,11-18H2,1-2H3. The van der Waals surface area contributed by atoms with Gasteiger partial charge in [-0.25, -0.2) is 8.42 Å². The Morgan fingerprint density at radius 3 is 2.46 bits per heavy atom. The van der Waals surface area contributed by atoms with Crippen molar-refractivity contribution in [2.75, 3.05) is 75.6 Å². The van der Waals surface area contributed by atoms with E-state index in [9.17, 15) is 13.2 Å². The lowest BCUT2D eigenvalue weighted by Crippen LogP contribution is -2.43. The number of piperazine rings is 1. The van der Waals surface area contributed by atoms with E-state index in [-0.39, 0.29) is 10.8 Å². The van der Waals surface area contributed by atoms with Crippen LogP contribution in [0.15, 0.2) is 47.4 Å². The Balaban J connectivity index is 1.63. The fraction of sp³-hybridized carbons (Fsp3) is 0.480. The third-order valence-electron chi connectivity index (χ3n) is 6.40. The van der Waals surface area contributed by atoms with Gasteiger partial charge in [0.1, 0.15) is 5.75 Å². The highest BCUT2D eigenvalue weighted by Gasteiger charge is 2.24. The molecular formula is C25H35N5O4S. The zero-order valence-corrected chi connectivity index (χ0v) is 21.3. The second-order valence-corrected chi connectivity index (χ2v) is 10.6. The predicted octanol–water partition coefficient (Wildman–Crippen LogP) is 2.07. The molecule has 2 aliphatic heterocycles. The van der Waals surface area contributed by atoms with Gasteiger partial charge in [0.2, 0.25) is 0 Å². The summed E-state index contributed by atoms with van der Waals surface area (Å²) in [6.45, 7) is 8.64. The lowest BCUT2D eigenvalue weighted by Gasteiger charge is -2.31. The van der Waals surface area contributed by atoms with Gasteiger partial charge in [-0.3, -0.25) is 9.52 Å². The summed E-state index contributed by atoms with van der Waals surface area (Å²) in [6.07, 6.45) is 0.915. The number of nitrogens with one attached hydrogen (secondary N) is 2. The van der Waals surface area contributed by atoms with E-state index < -0.39 is 10.0 Å². The Kier molecular flexibility index (Phi) is 8.15. The van der Waals surface area contributed by atoms with E-state index in [4.69, 9.17) is 4.74 Å². The molecule has 1 amide bonds. The molecule has 10 heteroatoms. The number of ether oxygens (including phenoxy) is 1. The maximum Gasteiger partial charge on any atom is 0.261 e. The maximum atomic E-state index is 13.3. The summed E-state index contributed by atoms with van der Waals surface area (Å²) in [6, 6.07) is 11.7. The average Bonchev–Trinajstić information content (AvgIpc) is 3.09. The van der Waals surface area contributed by atoms with E-state index in [0.717, 1.165) is 51.4 Å². The first-order valence-corrected chi connectivity index (χ1v) is 13.7. The number of carbonyl (C=O) groups is 1. The van der Waals surface area contributed by atoms with Crippen LogP contribution in [0.1, 0.15) is 23.7 Å². The Morgan fingerprint density at radius 1 is 1.00 bits per heavy atom. The highest BCUT2D eigenvalue weighted by Crippen LogP contribution is 2.31. The van der Waals surface area contributed by atoms with Crippen LogP contribution in [0.2, 0.25) is 0 Å². The molecule has 0 bridgehead atoms. The first-order chi connectivity index (χ1) is 16.9. The number of hydrogen-bond donors (Lipinski definition) is 2. The molecule has 2 saturated heterocycles. The van der Waals surface area contributed by atoms with Gasteiger partial charge in [-0.2, -0.15) is 0 Å². The van der Waals surface area contributed by atoms with Crippen LogP contribution in [0, 0.1) is 0 Å². The summed E-state index contributed by atoms with van der Waals surface area (Å²) in [5, 5.41) is 3.32. The Hall–Kier alpha value is -2.82. The van der Waals surface area contributed by atoms with Crippen LogP contribution < -0.4 is 19.7 Å². The van der Waals surface area contributed by atoms with Crippen molar-refractivity contribution in [2.24, 2.45) is 0 Å². The predicted molar refractivity (Wildman–Crippen MR) is 138 cm³/mol. The maximum absolute atomic E-state index is 13.3. The SMILES string of the molecule is CCOc1ccc(S(=O)(=O)Nc2cc(C(=O)N3CCCN(C)CC3)ccc2N2CCNCC2)cc1. The van der Waals surface area contributed by atoms with Crippen LogP contribution in [0.5, 0.6) is 5.75 Å². The van der Waals surface area contributed by atoms with Gasteiger partial charge in [0.15, 0.2) is 0 Å². The van der Waals surface area contributed by atoms with E-state index in [1.54, 1.807) is 18.2 Å². The molecule has 0 saturated carbocycles. The fourth-order valence-electron chi connectivity index (χ4n) is 4.45. The average molecular weight is 502 g/mol. The second-order valence-electron chi connectivity index (χ2n) is 8.93. The molecule has 190 valence electrons. The molecule has 2 aromatic carbocycles. The zero-order chi connectivity index (χ0) is 24.8. The number of hydrogen-bond acceptors (Lipinski definition) is 7. The van der Waals surface area contributed by atoms with Gasteiger partial charge < -0.3 is 24.8 Å². The number of sulfonamides is 1. The third kappa shape index (κ3) is 6.25. The third-order valence-corrected chi connectivity index (χ3v) is 7.78. The molecule has 0 spiro atoms. The van der Waals surface area contributed by atoms with Crippen LogP contribution in [-0.4, -0.2) is 90.1 Å². The smallest absolute Gasteiger partial charge is 0.261 e. The summed E-state index contributed by atoms with van der Waals surface area (Å²) in [5.41, 5.74) is 1.67. The van der Waals surface area contributed by atoms with E-state index in [1.807, 2.05) is 24.0 Å². The first kappa shape index (κ1) is 25.3. The number of carbonyl (C=O) groups excluding carboxylic acids is 1. The lowest BCUT2D eigenvalue weighted by molar-refractivity contribution is 0.0763. The van der Waals surface area contributed by atoms with E-state index in [0.29, 0.717) is 36.7 Å². The van der Waals surface area contributed by atoms with Crippen molar-refractivity contribution in [3.8, 4) is 5.75 Å². The normalized spacial score (nSPS) is 17.7. The number of likely N-dealkylation sites (N-methyl/N-ethyl adjacent to an activating group) is 1. The molecule has 2 fully saturated rings. The summed E-state index contributed by atoms with van der Waals surface area (Å²) in [4.78, 5) is 19.7. The Labute approximate surface area is 208 Å². The van der Waals surface area contributed by atoms with Crippen LogP contribution in [0.25, 0.3) is 0 Å². The highest BCUT2D eigenvalue weighted by atomic mass is 32.2. The first-order valence-electron chi connectivity index (χ1n) is 12.2. The number of anilines is 2. The van der Waals surface area contributed by atoms with Crippen molar-refractivity contribution in [3.63, 3.8) is 0 Å². The van der Waals surface area contributed by atoms with Crippen LogP contribution in [0.4, 0.5) is 11.4 Å². The van der Waals surface area contributed by atoms with Crippen molar-refractivity contribution in [1.29, 1.82) is 0 Å². The van der Waals surface area contributed by atoms with Gasteiger partial charge in [0.05, 0.1) is 22.9 Å². The molecule has 0 atom stereocenters. The monoisotopic (exact) mass is 501 g/mol. The summed E-state index contributed by atoms with van der Waals surface area (Å²) < 4.78 is 34.8. The lowest BCUT2D eigenvalue weighted by atomic mass is 10.1. The fourth-order valence-corrected chi connectivity index (χ4v) is 5.52. The van der Waals surface area contributed by atoms with Gasteiger partial charge in [-0.1, -0.05) is 0 Å². The number of rotatable bonds is 7. The summed E-state index contributed by atoms with van der Waals surface area (Å²) >= 11 is 0. The van der Waals surface area contributed by atoms with Gasteiger partial charge in [-0.05, 0) is 69.4 Å². The highest BCUT2D eigenvalue weighted by molar-refractivity contribution is 7.92. The molecule has 2 N–H and O–H groups in total. The Bertz CT molecular complexity index is 1120. The van der Waals surface area contributed by atoms with Crippen LogP contribution in [-0.2, 0) is 10.0 Å². The minimum absolute atomic E-state index is 0.0753. The zero-order valence-electron chi connectivity index (χ0n) is 20.5. The summed E-state index contributed by atoms with van der Waals surface area (Å²) in [7, 11) is -1.81. The number of benzene rings is 2. The molecular weight excluding hydrogens is 466 g/mol. The second kappa shape index (κ2) is 11.3. The molecule has 2 aromatic rings. The van der Waals surface area contributed by atoms with E-state index >= 15 is 0 Å². The van der Waals surface area contributed by atoms with Crippen LogP contribution >= 0.6 is 0 Å². The molecule has 2 heterocycles. The van der Waals surface area contributed by atoms with Crippen molar-refractivity contribution in [2.45, 2.75) is 18.2 Å². The van der Waals surface area contributed by atoms with Crippen molar-refractivity contribution in [3.05, 3.63) is 48.0 Å². The molecule has 0 radical (unpaired) electrons. The van der Waals surface area contributed by atoms with Gasteiger partial charge in [0, 0.05) is 51.4 Å². The van der Waals surface area contributed by atoms with E-state index in [1.165, 1.54) is 12.1 Å². The molecule has 9 nitrogen and oxygen atoms in total. The van der Waals surface area contributed by atoms with Gasteiger partial charge >= 0.3 is 0 Å². The number of nitrogens with zero attached hydrogens (tertiary/aromatic N) is 3. The largest absolute Gasteiger partial charge is 0.494 e. The van der Waals surface area contributed by atoms with Crippen molar-refractivity contribution in [1.82, 2.24) is 15.1 Å². The quantitative estimate of drug-likeness (QED) is 0.600. The Morgan fingerprint density at radius 2 is 1.74 bits per heavy atom. The number of amides is 1. The van der Waals surface area contributed by atoms with E-state index in [2.05, 4.69) is 26.9 Å². The minimum atomic E-state index is -3.87. The van der Waals surface area contributed by atoms with Crippen LogP contribution in [0.3, 0.4) is 0 Å². The molecule has 0 aromatic heterocycles. The topological polar surface area (TPSA) is 94.2 Å². The minimum Gasteiger partial charge on any atom is -0.494 e. The molecule has 0 unspecified atom stereocenters. The van der Waals surface area contributed by atoms with Crippen molar-refractivity contribution >= 4 is 27.3 Å². The molecule has 35 heavy (non-hydrogen) atoms. The molecule has 2 aliphatic rings. The van der Waals surface area contributed by atoms with Crippen molar-refractivity contribution < 1.29 is 17.9 Å². The van der Waals surface area contributed by atoms with Gasteiger partial charge in [0.25, 0.3) is 15.9 Å². The summed E-state index contributed by atoms with van der Waals surface area (Å²) in [5.74, 6) is 0.539. The molecule has 4 rings (SSSR count).